The monoisotopic (exact) mass is 494 g/mol. The van der Waals surface area contributed by atoms with Gasteiger partial charge in [0.05, 0.1) is 24.1 Å². The van der Waals surface area contributed by atoms with Gasteiger partial charge >= 0.3 is 0 Å². The first-order valence-electron chi connectivity index (χ1n) is 9.54. The third-order valence-corrected chi connectivity index (χ3v) is 6.24. The molecule has 0 aromatic heterocycles. The van der Waals surface area contributed by atoms with Crippen molar-refractivity contribution in [3.05, 3.63) is 57.7 Å². The van der Waals surface area contributed by atoms with Crippen molar-refractivity contribution in [2.45, 2.75) is 12.8 Å². The topological polar surface area (TPSA) is 67.9 Å². The van der Waals surface area contributed by atoms with Gasteiger partial charge in [-0.2, -0.15) is 0 Å². The molecule has 1 N–H and O–H groups in total. The predicted molar refractivity (Wildman–Crippen MR) is 129 cm³/mol. The fourth-order valence-electron chi connectivity index (χ4n) is 2.98. The number of nitrogens with one attached hydrogen (secondary N) is 1. The Hall–Kier alpha value is -2.62. The van der Waals surface area contributed by atoms with Crippen LogP contribution >= 0.6 is 35.6 Å². The molecule has 0 unspecified atom stereocenters. The van der Waals surface area contributed by atoms with E-state index < -0.39 is 5.82 Å². The molecular weight excluding hydrogens is 475 g/mol. The van der Waals surface area contributed by atoms with E-state index in [4.69, 9.17) is 33.3 Å². The van der Waals surface area contributed by atoms with Crippen molar-refractivity contribution < 1.29 is 23.5 Å². The summed E-state index contributed by atoms with van der Waals surface area (Å²) >= 11 is 12.3. The number of thioether (sulfide) groups is 1. The van der Waals surface area contributed by atoms with Crippen LogP contribution in [0.15, 0.2) is 41.3 Å². The van der Waals surface area contributed by atoms with Crippen LogP contribution in [0.4, 0.5) is 10.1 Å². The molecule has 10 heteroatoms. The van der Waals surface area contributed by atoms with E-state index in [1.807, 2.05) is 6.07 Å². The SMILES string of the molecule is COc1ccc(/C=C2\SC(=S)N(CCCC(=O)Nc3ccc(F)c(Cl)c3)C2=O)cc1OC. The predicted octanol–water partition coefficient (Wildman–Crippen LogP) is 5.12. The van der Waals surface area contributed by atoms with Gasteiger partial charge in [-0.05, 0) is 48.4 Å². The molecule has 0 radical (unpaired) electrons. The Kier molecular flexibility index (Phi) is 8.11. The third kappa shape index (κ3) is 5.79. The van der Waals surface area contributed by atoms with Crippen LogP contribution in [-0.4, -0.2) is 41.8 Å². The molecule has 1 saturated heterocycles. The number of benzene rings is 2. The number of carbonyl (C=O) groups excluding carboxylic acids is 2. The van der Waals surface area contributed by atoms with Crippen molar-refractivity contribution in [3.63, 3.8) is 0 Å². The van der Waals surface area contributed by atoms with Crippen LogP contribution in [0.1, 0.15) is 18.4 Å². The standard InChI is InChI=1S/C22H20ClFN2O4S2/c1-29-17-8-5-13(10-18(17)30-2)11-19-21(28)26(22(31)32-19)9-3-4-20(27)25-14-6-7-16(24)15(23)12-14/h5-8,10-12H,3-4,9H2,1-2H3,(H,25,27)/b19-11-. The lowest BCUT2D eigenvalue weighted by atomic mass is 10.2. The van der Waals surface area contributed by atoms with Crippen molar-refractivity contribution in [1.29, 1.82) is 0 Å². The lowest BCUT2D eigenvalue weighted by Gasteiger charge is -2.14. The molecule has 0 spiro atoms. The van der Waals surface area contributed by atoms with Crippen LogP contribution in [0.2, 0.25) is 5.02 Å². The van der Waals surface area contributed by atoms with Crippen LogP contribution in [0.5, 0.6) is 11.5 Å². The number of rotatable bonds is 8. The van der Waals surface area contributed by atoms with Crippen molar-refractivity contribution in [2.75, 3.05) is 26.1 Å². The highest BCUT2D eigenvalue weighted by Gasteiger charge is 2.31. The second-order valence-electron chi connectivity index (χ2n) is 6.73. The molecule has 1 aliphatic rings. The van der Waals surface area contributed by atoms with E-state index in [9.17, 15) is 14.0 Å². The van der Waals surface area contributed by atoms with Crippen molar-refractivity contribution >= 4 is 63.5 Å². The summed E-state index contributed by atoms with van der Waals surface area (Å²) in [6, 6.07) is 9.31. The number of ether oxygens (including phenoxy) is 2. The summed E-state index contributed by atoms with van der Waals surface area (Å²) in [4.78, 5) is 26.9. The Morgan fingerprint density at radius 2 is 1.97 bits per heavy atom. The van der Waals surface area contributed by atoms with Gasteiger partial charge in [-0.3, -0.25) is 14.5 Å². The normalized spacial score (nSPS) is 14.8. The average Bonchev–Trinajstić information content (AvgIpc) is 3.03. The van der Waals surface area contributed by atoms with Gasteiger partial charge in [0, 0.05) is 18.7 Å². The van der Waals surface area contributed by atoms with E-state index in [-0.39, 0.29) is 23.3 Å². The van der Waals surface area contributed by atoms with Crippen molar-refractivity contribution in [1.82, 2.24) is 4.90 Å². The van der Waals surface area contributed by atoms with Crippen LogP contribution < -0.4 is 14.8 Å². The molecule has 3 rings (SSSR count). The van der Waals surface area contributed by atoms with Gasteiger partial charge in [0.25, 0.3) is 5.91 Å². The van der Waals surface area contributed by atoms with Gasteiger partial charge in [0.1, 0.15) is 10.1 Å². The van der Waals surface area contributed by atoms with Crippen molar-refractivity contribution in [3.8, 4) is 11.5 Å². The molecule has 32 heavy (non-hydrogen) atoms. The van der Waals surface area contributed by atoms with Crippen LogP contribution in [0.25, 0.3) is 6.08 Å². The first-order chi connectivity index (χ1) is 15.3. The van der Waals surface area contributed by atoms with Gasteiger partial charge in [0.15, 0.2) is 11.5 Å². The Morgan fingerprint density at radius 1 is 1.22 bits per heavy atom. The van der Waals surface area contributed by atoms with E-state index in [1.54, 1.807) is 32.4 Å². The summed E-state index contributed by atoms with van der Waals surface area (Å²) in [6.45, 7) is 0.311. The molecule has 0 atom stereocenters. The van der Waals surface area contributed by atoms with Gasteiger partial charge in [-0.25, -0.2) is 4.39 Å². The quantitative estimate of drug-likeness (QED) is 0.406. The maximum Gasteiger partial charge on any atom is 0.266 e. The summed E-state index contributed by atoms with van der Waals surface area (Å²) < 4.78 is 24.2. The number of halogens is 2. The second kappa shape index (κ2) is 10.8. The fraction of sp³-hybridized carbons (Fsp3) is 0.227. The molecule has 2 aromatic rings. The zero-order chi connectivity index (χ0) is 23.3. The minimum atomic E-state index is -0.555. The summed E-state index contributed by atoms with van der Waals surface area (Å²) in [7, 11) is 3.10. The van der Waals surface area contributed by atoms with E-state index in [1.165, 1.54) is 34.9 Å². The number of hydrogen-bond acceptors (Lipinski definition) is 6. The van der Waals surface area contributed by atoms with Gasteiger partial charge in [0.2, 0.25) is 5.91 Å². The zero-order valence-electron chi connectivity index (χ0n) is 17.3. The summed E-state index contributed by atoms with van der Waals surface area (Å²) in [5, 5.41) is 2.59. The molecule has 0 bridgehead atoms. The van der Waals surface area contributed by atoms with E-state index in [0.717, 1.165) is 5.56 Å². The molecule has 1 heterocycles. The molecule has 168 valence electrons. The molecule has 1 fully saturated rings. The number of anilines is 1. The number of amides is 2. The van der Waals surface area contributed by atoms with Gasteiger partial charge in [-0.15, -0.1) is 0 Å². The first-order valence-corrected chi connectivity index (χ1v) is 11.1. The second-order valence-corrected chi connectivity index (χ2v) is 8.81. The van der Waals surface area contributed by atoms with Crippen LogP contribution in [0.3, 0.4) is 0 Å². The number of thiocarbonyl (C=S) groups is 1. The average molecular weight is 495 g/mol. The Labute approximate surface area is 199 Å². The first kappa shape index (κ1) is 24.0. The lowest BCUT2D eigenvalue weighted by Crippen LogP contribution is -2.29. The largest absolute Gasteiger partial charge is 0.493 e. The van der Waals surface area contributed by atoms with Gasteiger partial charge in [-0.1, -0.05) is 41.6 Å². The molecular formula is C22H20ClFN2O4S2. The zero-order valence-corrected chi connectivity index (χ0v) is 19.7. The Bertz CT molecular complexity index is 1090. The fourth-order valence-corrected chi connectivity index (χ4v) is 4.47. The van der Waals surface area contributed by atoms with E-state index >= 15 is 0 Å². The Balaban J connectivity index is 1.57. The van der Waals surface area contributed by atoms with Crippen LogP contribution in [-0.2, 0) is 9.59 Å². The summed E-state index contributed by atoms with van der Waals surface area (Å²) in [6.07, 6.45) is 2.32. The lowest BCUT2D eigenvalue weighted by molar-refractivity contribution is -0.122. The third-order valence-electron chi connectivity index (χ3n) is 4.57. The number of hydrogen-bond donors (Lipinski definition) is 1. The van der Waals surface area contributed by atoms with Gasteiger partial charge < -0.3 is 14.8 Å². The molecule has 2 aromatic carbocycles. The number of nitrogens with zero attached hydrogens (tertiary/aromatic N) is 1. The highest BCUT2D eigenvalue weighted by atomic mass is 35.5. The maximum atomic E-state index is 13.2. The summed E-state index contributed by atoms with van der Waals surface area (Å²) in [5.41, 5.74) is 1.19. The molecule has 0 aliphatic carbocycles. The Morgan fingerprint density at radius 3 is 2.66 bits per heavy atom. The smallest absolute Gasteiger partial charge is 0.266 e. The maximum absolute atomic E-state index is 13.2. The van der Waals surface area contributed by atoms with Crippen molar-refractivity contribution in [2.24, 2.45) is 0 Å². The molecule has 6 nitrogen and oxygen atoms in total. The highest BCUT2D eigenvalue weighted by Crippen LogP contribution is 2.34. The molecule has 0 saturated carbocycles. The minimum absolute atomic E-state index is 0.0679. The molecule has 1 aliphatic heterocycles. The summed E-state index contributed by atoms with van der Waals surface area (Å²) in [5.74, 6) is 0.128. The van der Waals surface area contributed by atoms with E-state index in [2.05, 4.69) is 5.32 Å². The highest BCUT2D eigenvalue weighted by molar-refractivity contribution is 8.26. The van der Waals surface area contributed by atoms with Crippen LogP contribution in [0, 0.1) is 5.82 Å². The number of carbonyl (C=O) groups is 2. The van der Waals surface area contributed by atoms with E-state index in [0.29, 0.717) is 39.4 Å². The number of methoxy groups -OCH3 is 2. The minimum Gasteiger partial charge on any atom is -0.493 e. The molecule has 2 amide bonds.